The van der Waals surface area contributed by atoms with E-state index in [-0.39, 0.29) is 0 Å². The van der Waals surface area contributed by atoms with Gasteiger partial charge in [-0.05, 0) is 19.9 Å². The minimum Gasteiger partial charge on any atom is -0.577 e. The van der Waals surface area contributed by atoms with Crippen LogP contribution in [0.25, 0.3) is 5.43 Å². The summed E-state index contributed by atoms with van der Waals surface area (Å²) in [6.45, 7) is 0. The Hall–Kier alpha value is -0.160. The lowest BCUT2D eigenvalue weighted by Gasteiger charge is -2.38. The van der Waals surface area contributed by atoms with Crippen molar-refractivity contribution in [2.75, 3.05) is 7.05 Å². The summed E-state index contributed by atoms with van der Waals surface area (Å²) < 4.78 is 5.37. The van der Waals surface area contributed by atoms with E-state index in [0.717, 1.165) is 19.3 Å². The van der Waals surface area contributed by atoms with Crippen molar-refractivity contribution in [1.29, 1.82) is 0 Å². The van der Waals surface area contributed by atoms with Crippen LogP contribution >= 0.6 is 0 Å². The number of nitrogens with two attached hydrogens (primary N) is 1. The van der Waals surface area contributed by atoms with Crippen LogP contribution in [-0.2, 0) is 4.74 Å². The maximum absolute atomic E-state index is 5.41. The number of fused-ring (bicyclic) bond motifs is 1. The molecule has 4 nitrogen and oxygen atoms in total. The van der Waals surface area contributed by atoms with Gasteiger partial charge < -0.3 is 15.3 Å². The molecule has 3 atom stereocenters. The lowest BCUT2D eigenvalue weighted by molar-refractivity contribution is 0.359. The van der Waals surface area contributed by atoms with Gasteiger partial charge in [-0.25, -0.2) is 0 Å². The zero-order valence-corrected chi connectivity index (χ0v) is 6.73. The Morgan fingerprint density at radius 3 is 2.91 bits per heavy atom. The van der Waals surface area contributed by atoms with Gasteiger partial charge in [0.05, 0.1) is 12.2 Å². The van der Waals surface area contributed by atoms with E-state index >= 15 is 0 Å². The molecule has 1 saturated heterocycles. The molecule has 1 aliphatic carbocycles. The van der Waals surface area contributed by atoms with E-state index in [4.69, 9.17) is 10.6 Å². The summed E-state index contributed by atoms with van der Waals surface area (Å²) >= 11 is 0. The molecule has 64 valence electrons. The molecule has 2 aliphatic rings. The minimum atomic E-state index is 0.397. The van der Waals surface area contributed by atoms with Crippen molar-refractivity contribution in [3.8, 4) is 0 Å². The number of rotatable bonds is 2. The quantitative estimate of drug-likeness (QED) is 0.357. The van der Waals surface area contributed by atoms with Gasteiger partial charge in [0, 0.05) is 0 Å². The Bertz CT molecular complexity index is 149. The molecule has 0 amide bonds. The molecular formula is C7H14N3O-. The van der Waals surface area contributed by atoms with E-state index in [1.807, 2.05) is 0 Å². The second-order valence-electron chi connectivity index (χ2n) is 3.37. The molecule has 0 radical (unpaired) electrons. The number of ether oxygens (including phenoxy) is 1. The molecule has 1 heterocycles. The number of hydrogen-bond acceptors (Lipinski definition) is 3. The Kier molecular flexibility index (Phi) is 1.85. The zero-order chi connectivity index (χ0) is 7.84. The van der Waals surface area contributed by atoms with Crippen LogP contribution in [0, 0.1) is 0 Å². The first-order chi connectivity index (χ1) is 5.25. The van der Waals surface area contributed by atoms with E-state index in [1.165, 1.54) is 5.12 Å². The molecule has 1 aliphatic heterocycles. The van der Waals surface area contributed by atoms with Crippen LogP contribution in [-0.4, -0.2) is 30.4 Å². The van der Waals surface area contributed by atoms with E-state index in [9.17, 15) is 0 Å². The van der Waals surface area contributed by atoms with Crippen molar-refractivity contribution in [3.63, 3.8) is 0 Å². The maximum atomic E-state index is 5.41. The third kappa shape index (κ3) is 1.70. The van der Waals surface area contributed by atoms with Gasteiger partial charge in [0.25, 0.3) is 0 Å². The first kappa shape index (κ1) is 7.49. The molecule has 11 heavy (non-hydrogen) atoms. The van der Waals surface area contributed by atoms with Gasteiger partial charge in [-0.1, -0.05) is 6.42 Å². The molecule has 3 unspecified atom stereocenters. The van der Waals surface area contributed by atoms with Crippen molar-refractivity contribution in [2.24, 2.45) is 5.84 Å². The van der Waals surface area contributed by atoms with Gasteiger partial charge in [-0.2, -0.15) is 0 Å². The predicted molar refractivity (Wildman–Crippen MR) is 41.6 cm³/mol. The van der Waals surface area contributed by atoms with E-state index in [0.29, 0.717) is 18.2 Å². The molecule has 4 heteroatoms. The van der Waals surface area contributed by atoms with E-state index < -0.39 is 0 Å². The Morgan fingerprint density at radius 1 is 1.45 bits per heavy atom. The number of hydrogen-bond donors (Lipinski definition) is 1. The van der Waals surface area contributed by atoms with E-state index in [2.05, 4.69) is 5.43 Å². The summed E-state index contributed by atoms with van der Waals surface area (Å²) in [5, 5.41) is 1.41. The monoisotopic (exact) mass is 156 g/mol. The fourth-order valence-electron chi connectivity index (χ4n) is 1.75. The summed E-state index contributed by atoms with van der Waals surface area (Å²) in [5.41, 5.74) is 4.24. The number of nitrogens with zero attached hydrogens (tertiary/aromatic N) is 2. The molecule has 0 aromatic carbocycles. The highest BCUT2D eigenvalue weighted by atomic mass is 16.6. The SMILES string of the molecule is CN(N)[N-]C1CCC2OC2C1. The summed E-state index contributed by atoms with van der Waals surface area (Å²) in [6.07, 6.45) is 4.41. The summed E-state index contributed by atoms with van der Waals surface area (Å²) in [7, 11) is 1.76. The van der Waals surface area contributed by atoms with Crippen LogP contribution in [0.5, 0.6) is 0 Å². The Balaban J connectivity index is 1.76. The molecule has 2 fully saturated rings. The van der Waals surface area contributed by atoms with Gasteiger partial charge >= 0.3 is 0 Å². The van der Waals surface area contributed by atoms with Crippen molar-refractivity contribution < 1.29 is 4.74 Å². The molecular weight excluding hydrogens is 142 g/mol. The highest BCUT2D eigenvalue weighted by Gasteiger charge is 2.41. The number of hydrazine groups is 1. The van der Waals surface area contributed by atoms with Gasteiger partial charge in [-0.3, -0.25) is 5.84 Å². The largest absolute Gasteiger partial charge is 0.577 e. The molecule has 0 aromatic rings. The number of epoxide rings is 1. The third-order valence-electron chi connectivity index (χ3n) is 2.32. The highest BCUT2D eigenvalue weighted by molar-refractivity contribution is 5.00. The van der Waals surface area contributed by atoms with Crippen LogP contribution in [0.2, 0.25) is 0 Å². The Morgan fingerprint density at radius 2 is 2.27 bits per heavy atom. The first-order valence-corrected chi connectivity index (χ1v) is 4.10. The average Bonchev–Trinajstić information content (AvgIpc) is 2.63. The maximum Gasteiger partial charge on any atom is 0.0840 e. The molecule has 0 bridgehead atoms. The van der Waals surface area contributed by atoms with Gasteiger partial charge in [0.2, 0.25) is 0 Å². The summed E-state index contributed by atoms with van der Waals surface area (Å²) in [4.78, 5) is 0. The standard InChI is InChI=1S/C7H14N3O/c1-10(8)9-5-2-3-6-7(4-5)11-6/h5-7H,2-4,8H2,1H3/q-1. The minimum absolute atomic E-state index is 0.397. The first-order valence-electron chi connectivity index (χ1n) is 4.10. The highest BCUT2D eigenvalue weighted by Crippen LogP contribution is 2.38. The second kappa shape index (κ2) is 2.71. The molecule has 0 aromatic heterocycles. The molecule has 1 saturated carbocycles. The van der Waals surface area contributed by atoms with Crippen molar-refractivity contribution in [1.82, 2.24) is 5.12 Å². The molecule has 2 N–H and O–H groups in total. The fourth-order valence-corrected chi connectivity index (χ4v) is 1.75. The van der Waals surface area contributed by atoms with E-state index in [1.54, 1.807) is 7.05 Å². The fraction of sp³-hybridized carbons (Fsp3) is 1.00. The molecule has 2 rings (SSSR count). The smallest absolute Gasteiger partial charge is 0.0840 e. The zero-order valence-electron chi connectivity index (χ0n) is 6.73. The van der Waals surface area contributed by atoms with Crippen LogP contribution in [0.4, 0.5) is 0 Å². The normalized spacial score (nSPS) is 42.3. The molecule has 0 spiro atoms. The second-order valence-corrected chi connectivity index (χ2v) is 3.37. The summed E-state index contributed by atoms with van der Waals surface area (Å²) in [5.74, 6) is 5.41. The average molecular weight is 156 g/mol. The van der Waals surface area contributed by atoms with Crippen LogP contribution in [0.1, 0.15) is 19.3 Å². The topological polar surface area (TPSA) is 55.9 Å². The van der Waals surface area contributed by atoms with Crippen LogP contribution < -0.4 is 5.84 Å². The van der Waals surface area contributed by atoms with Crippen molar-refractivity contribution in [3.05, 3.63) is 5.43 Å². The van der Waals surface area contributed by atoms with Gasteiger partial charge in [0.15, 0.2) is 0 Å². The lowest BCUT2D eigenvalue weighted by Crippen LogP contribution is -2.29. The lowest BCUT2D eigenvalue weighted by atomic mass is 9.96. The van der Waals surface area contributed by atoms with Crippen molar-refractivity contribution in [2.45, 2.75) is 37.5 Å². The van der Waals surface area contributed by atoms with Crippen molar-refractivity contribution >= 4 is 0 Å². The predicted octanol–water partition coefficient (Wildman–Crippen LogP) is 0.400. The Labute approximate surface area is 66.6 Å². The van der Waals surface area contributed by atoms with Gasteiger partial charge in [0.1, 0.15) is 0 Å². The van der Waals surface area contributed by atoms with Crippen LogP contribution in [0.3, 0.4) is 0 Å². The van der Waals surface area contributed by atoms with Gasteiger partial charge in [-0.15, -0.1) is 6.04 Å². The summed E-state index contributed by atoms with van der Waals surface area (Å²) in [6, 6.07) is 0.397. The third-order valence-corrected chi connectivity index (χ3v) is 2.32. The van der Waals surface area contributed by atoms with Crippen LogP contribution in [0.15, 0.2) is 0 Å².